The predicted molar refractivity (Wildman–Crippen MR) is 124 cm³/mol. The third kappa shape index (κ3) is 3.84. The highest BCUT2D eigenvalue weighted by atomic mass is 16.5. The molecule has 0 bridgehead atoms. The Balaban J connectivity index is 1.15. The van der Waals surface area contributed by atoms with Crippen molar-refractivity contribution in [1.82, 2.24) is 20.1 Å². The molecule has 1 aromatic heterocycles. The summed E-state index contributed by atoms with van der Waals surface area (Å²) in [5.74, 6) is 0.369. The maximum atomic E-state index is 13.0. The van der Waals surface area contributed by atoms with Crippen molar-refractivity contribution in [3.05, 3.63) is 58.9 Å². The molecule has 8 heteroatoms. The number of hydrogen-bond acceptors (Lipinski definition) is 6. The van der Waals surface area contributed by atoms with Gasteiger partial charge in [0.05, 0.1) is 0 Å². The van der Waals surface area contributed by atoms with Gasteiger partial charge in [0, 0.05) is 49.6 Å². The van der Waals surface area contributed by atoms with E-state index in [0.29, 0.717) is 31.0 Å². The number of carbonyl (C=O) groups excluding carboxylic acids is 2. The fourth-order valence-electron chi connectivity index (χ4n) is 6.03. The summed E-state index contributed by atoms with van der Waals surface area (Å²) < 4.78 is 6.51. The molecule has 4 atom stereocenters. The Morgan fingerprint density at radius 1 is 1.06 bits per heavy atom. The zero-order chi connectivity index (χ0) is 23.2. The normalized spacial score (nSPS) is 29.0. The molecule has 2 amide bonds. The van der Waals surface area contributed by atoms with E-state index in [-0.39, 0.29) is 17.9 Å². The standard InChI is InChI=1S/C26H30N4O4/c31-24-9-8-22(25(32)28-24)30-15-17-13-18(6-7-19(17)26(30)33)34-23-5-1-4-21(23)29-12-10-20-16(14-29)3-2-11-27-20/h2-3,6-7,11,13,21-24,31H,1,4-5,8-10,12,14-15H2,(H,28,32). The third-order valence-electron chi connectivity index (χ3n) is 7.78. The molecular formula is C26H30N4O4. The van der Waals surface area contributed by atoms with Crippen LogP contribution in [-0.2, 0) is 24.3 Å². The predicted octanol–water partition coefficient (Wildman–Crippen LogP) is 1.99. The van der Waals surface area contributed by atoms with Crippen molar-refractivity contribution >= 4 is 11.8 Å². The molecule has 0 radical (unpaired) electrons. The van der Waals surface area contributed by atoms with Crippen LogP contribution in [0.1, 0.15) is 59.3 Å². The third-order valence-corrected chi connectivity index (χ3v) is 7.78. The van der Waals surface area contributed by atoms with Crippen molar-refractivity contribution in [1.29, 1.82) is 0 Å². The number of rotatable bonds is 4. The summed E-state index contributed by atoms with van der Waals surface area (Å²) in [4.78, 5) is 34.0. The number of aromatic nitrogens is 1. The summed E-state index contributed by atoms with van der Waals surface area (Å²) in [6, 6.07) is 9.70. The molecule has 4 heterocycles. The minimum atomic E-state index is -0.826. The van der Waals surface area contributed by atoms with E-state index in [9.17, 15) is 14.7 Å². The van der Waals surface area contributed by atoms with Crippen LogP contribution < -0.4 is 10.1 Å². The lowest BCUT2D eigenvalue weighted by molar-refractivity contribution is -0.132. The van der Waals surface area contributed by atoms with Gasteiger partial charge in [0.1, 0.15) is 24.1 Å². The Morgan fingerprint density at radius 3 is 2.85 bits per heavy atom. The molecule has 2 N–H and O–H groups in total. The molecule has 1 aliphatic carbocycles. The SMILES string of the molecule is O=C1NC(O)CCC1N1Cc2cc(OC3CCCC3N3CCc4ncccc4C3)ccc2C1=O. The molecule has 3 aliphatic heterocycles. The van der Waals surface area contributed by atoms with Gasteiger partial charge in [-0.2, -0.15) is 0 Å². The van der Waals surface area contributed by atoms with Crippen LogP contribution in [0.5, 0.6) is 5.75 Å². The van der Waals surface area contributed by atoms with Crippen molar-refractivity contribution in [2.75, 3.05) is 6.54 Å². The lowest BCUT2D eigenvalue weighted by Crippen LogP contribution is -2.54. The summed E-state index contributed by atoms with van der Waals surface area (Å²) >= 11 is 0. The average Bonchev–Trinajstić information content (AvgIpc) is 3.43. The van der Waals surface area contributed by atoms with E-state index in [1.165, 1.54) is 11.3 Å². The van der Waals surface area contributed by atoms with Gasteiger partial charge in [-0.15, -0.1) is 0 Å². The number of pyridine rings is 1. The lowest BCUT2D eigenvalue weighted by Gasteiger charge is -2.36. The van der Waals surface area contributed by atoms with Crippen molar-refractivity contribution in [3.8, 4) is 5.75 Å². The molecule has 1 saturated heterocycles. The van der Waals surface area contributed by atoms with Gasteiger partial charge in [-0.25, -0.2) is 0 Å². The number of benzene rings is 1. The largest absolute Gasteiger partial charge is 0.489 e. The Kier molecular flexibility index (Phi) is 5.50. The van der Waals surface area contributed by atoms with Crippen LogP contribution in [0.25, 0.3) is 0 Å². The van der Waals surface area contributed by atoms with Gasteiger partial charge >= 0.3 is 0 Å². The maximum absolute atomic E-state index is 13.0. The minimum absolute atomic E-state index is 0.120. The first-order chi connectivity index (χ1) is 16.6. The molecule has 1 aromatic carbocycles. The van der Waals surface area contributed by atoms with Gasteiger partial charge in [-0.3, -0.25) is 19.5 Å². The molecule has 8 nitrogen and oxygen atoms in total. The number of nitrogens with zero attached hydrogens (tertiary/aromatic N) is 3. The van der Waals surface area contributed by atoms with Gasteiger partial charge in [0.2, 0.25) is 5.91 Å². The van der Waals surface area contributed by atoms with E-state index in [2.05, 4.69) is 21.3 Å². The Morgan fingerprint density at radius 2 is 1.97 bits per heavy atom. The van der Waals surface area contributed by atoms with E-state index < -0.39 is 12.3 Å². The van der Waals surface area contributed by atoms with Gasteiger partial charge in [0.25, 0.3) is 5.91 Å². The van der Waals surface area contributed by atoms with Crippen molar-refractivity contribution < 1.29 is 19.4 Å². The first-order valence-electron chi connectivity index (χ1n) is 12.3. The average molecular weight is 463 g/mol. The van der Waals surface area contributed by atoms with Gasteiger partial charge < -0.3 is 20.1 Å². The summed E-state index contributed by atoms with van der Waals surface area (Å²) in [6.07, 6.45) is 6.35. The lowest BCUT2D eigenvalue weighted by atomic mass is 10.0. The minimum Gasteiger partial charge on any atom is -0.489 e. The highest BCUT2D eigenvalue weighted by Crippen LogP contribution is 2.34. The Bertz CT molecular complexity index is 1120. The Labute approximate surface area is 198 Å². The molecule has 4 unspecified atom stereocenters. The maximum Gasteiger partial charge on any atom is 0.255 e. The first-order valence-corrected chi connectivity index (χ1v) is 12.3. The number of aliphatic hydroxyl groups excluding tert-OH is 1. The van der Waals surface area contributed by atoms with Crippen LogP contribution in [0.3, 0.4) is 0 Å². The van der Waals surface area contributed by atoms with Crippen molar-refractivity contribution in [2.45, 2.75) is 76.0 Å². The van der Waals surface area contributed by atoms with Crippen molar-refractivity contribution in [2.24, 2.45) is 0 Å². The molecule has 6 rings (SSSR count). The van der Waals surface area contributed by atoms with Crippen LogP contribution in [0.4, 0.5) is 0 Å². The molecule has 0 spiro atoms. The number of hydrogen-bond donors (Lipinski definition) is 2. The van der Waals surface area contributed by atoms with E-state index in [0.717, 1.165) is 50.1 Å². The van der Waals surface area contributed by atoms with Crippen LogP contribution in [0.15, 0.2) is 36.5 Å². The Hall–Kier alpha value is -2.97. The zero-order valence-electron chi connectivity index (χ0n) is 19.2. The second kappa shape index (κ2) is 8.67. The number of nitrogens with one attached hydrogen (secondary N) is 1. The zero-order valence-corrected chi connectivity index (χ0v) is 19.2. The van der Waals surface area contributed by atoms with E-state index in [1.54, 1.807) is 4.90 Å². The van der Waals surface area contributed by atoms with Crippen molar-refractivity contribution in [3.63, 3.8) is 0 Å². The van der Waals surface area contributed by atoms with Gasteiger partial charge in [0.15, 0.2) is 0 Å². The molecule has 2 aromatic rings. The molecule has 1 saturated carbocycles. The monoisotopic (exact) mass is 462 g/mol. The second-order valence-electron chi connectivity index (χ2n) is 9.85. The number of ether oxygens (including phenoxy) is 1. The van der Waals surface area contributed by atoms with Crippen LogP contribution in [0, 0.1) is 0 Å². The number of carbonyl (C=O) groups is 2. The highest BCUT2D eigenvalue weighted by Gasteiger charge is 2.40. The first kappa shape index (κ1) is 21.6. The molecular weight excluding hydrogens is 432 g/mol. The fourth-order valence-corrected chi connectivity index (χ4v) is 6.03. The molecule has 4 aliphatic rings. The molecule has 2 fully saturated rings. The summed E-state index contributed by atoms with van der Waals surface area (Å²) in [5.41, 5.74) is 4.06. The second-order valence-corrected chi connectivity index (χ2v) is 9.85. The fraction of sp³-hybridized carbons (Fsp3) is 0.500. The van der Waals surface area contributed by atoms with Gasteiger partial charge in [-0.05, 0) is 67.5 Å². The number of piperidine rings is 1. The van der Waals surface area contributed by atoms with E-state index >= 15 is 0 Å². The number of fused-ring (bicyclic) bond motifs is 2. The highest BCUT2D eigenvalue weighted by molar-refractivity contribution is 6.01. The van der Waals surface area contributed by atoms with E-state index in [4.69, 9.17) is 4.74 Å². The molecule has 34 heavy (non-hydrogen) atoms. The smallest absolute Gasteiger partial charge is 0.255 e. The summed E-state index contributed by atoms with van der Waals surface area (Å²) in [7, 11) is 0. The topological polar surface area (TPSA) is 95.0 Å². The van der Waals surface area contributed by atoms with E-state index in [1.807, 2.05) is 30.5 Å². The summed E-state index contributed by atoms with van der Waals surface area (Å²) in [5, 5.41) is 12.2. The van der Waals surface area contributed by atoms with Gasteiger partial charge in [-0.1, -0.05) is 6.07 Å². The summed E-state index contributed by atoms with van der Waals surface area (Å²) in [6.45, 7) is 2.31. The quantitative estimate of drug-likeness (QED) is 0.722. The van der Waals surface area contributed by atoms with Crippen LogP contribution in [0.2, 0.25) is 0 Å². The number of aliphatic hydroxyl groups is 1. The molecule has 178 valence electrons. The number of amides is 2. The van der Waals surface area contributed by atoms with Crippen LogP contribution in [-0.4, -0.2) is 62.7 Å². The van der Waals surface area contributed by atoms with Crippen LogP contribution >= 0.6 is 0 Å².